The topological polar surface area (TPSA) is 46.6 Å². The van der Waals surface area contributed by atoms with E-state index in [4.69, 9.17) is 16.3 Å². The molecule has 1 fully saturated rings. The highest BCUT2D eigenvalue weighted by molar-refractivity contribution is 9.11. The van der Waals surface area contributed by atoms with Crippen LogP contribution in [0.3, 0.4) is 0 Å². The average molecular weight is 530 g/mol. The van der Waals surface area contributed by atoms with Crippen LogP contribution in [-0.2, 0) is 4.79 Å². The number of hydrogen-bond acceptors (Lipinski definition) is 4. The van der Waals surface area contributed by atoms with Crippen molar-refractivity contribution in [3.63, 3.8) is 0 Å². The van der Waals surface area contributed by atoms with Gasteiger partial charge in [0.25, 0.3) is 11.1 Å². The molecule has 4 nitrogen and oxygen atoms in total. The van der Waals surface area contributed by atoms with Gasteiger partial charge in [-0.15, -0.1) is 0 Å². The Balaban J connectivity index is 1.91. The van der Waals surface area contributed by atoms with Crippen LogP contribution in [0.15, 0.2) is 62.9 Å². The molecule has 3 rings (SSSR count). The van der Waals surface area contributed by atoms with Gasteiger partial charge in [-0.2, -0.15) is 0 Å². The normalized spacial score (nSPS) is 15.5. The fourth-order valence-corrected chi connectivity index (χ4v) is 4.88. The molecule has 0 aromatic heterocycles. The molecule has 1 saturated heterocycles. The van der Waals surface area contributed by atoms with E-state index < -0.39 is 0 Å². The molecule has 0 unspecified atom stereocenters. The van der Waals surface area contributed by atoms with Crippen molar-refractivity contribution in [1.82, 2.24) is 0 Å². The average Bonchev–Trinajstić information content (AvgIpc) is 2.88. The fraction of sp³-hybridized carbons (Fsp3) is 0.0526. The lowest BCUT2D eigenvalue weighted by Crippen LogP contribution is -2.27. The largest absolute Gasteiger partial charge is 0.487 e. The second-order valence-electron chi connectivity index (χ2n) is 5.41. The van der Waals surface area contributed by atoms with Crippen LogP contribution in [-0.4, -0.2) is 17.8 Å². The van der Waals surface area contributed by atoms with Crippen LogP contribution in [0, 0.1) is 0 Å². The first-order valence-electron chi connectivity index (χ1n) is 7.67. The van der Waals surface area contributed by atoms with Crippen molar-refractivity contribution in [3.05, 3.63) is 73.5 Å². The van der Waals surface area contributed by atoms with Gasteiger partial charge in [-0.05, 0) is 85.6 Å². The summed E-state index contributed by atoms with van der Waals surface area (Å²) in [4.78, 5) is 26.5. The number of carbonyl (C=O) groups is 2. The number of halogens is 3. The number of hydrogen-bond donors (Lipinski definition) is 0. The van der Waals surface area contributed by atoms with Gasteiger partial charge in [0.05, 0.1) is 19.5 Å². The summed E-state index contributed by atoms with van der Waals surface area (Å²) in [5.41, 5.74) is 1.19. The third-order valence-electron chi connectivity index (χ3n) is 3.52. The number of thioether (sulfide) groups is 1. The Morgan fingerprint density at radius 2 is 1.89 bits per heavy atom. The van der Waals surface area contributed by atoms with Crippen LogP contribution in [0.4, 0.5) is 10.5 Å². The van der Waals surface area contributed by atoms with Gasteiger partial charge >= 0.3 is 0 Å². The third-order valence-corrected chi connectivity index (χ3v) is 5.81. The van der Waals surface area contributed by atoms with E-state index in [2.05, 4.69) is 38.4 Å². The molecule has 0 aliphatic carbocycles. The summed E-state index contributed by atoms with van der Waals surface area (Å²) in [6, 6.07) is 10.3. The molecule has 2 amide bonds. The van der Waals surface area contributed by atoms with Crippen molar-refractivity contribution < 1.29 is 14.3 Å². The van der Waals surface area contributed by atoms with Crippen LogP contribution in [0.1, 0.15) is 5.56 Å². The Labute approximate surface area is 182 Å². The number of benzene rings is 2. The Bertz CT molecular complexity index is 954. The molecule has 1 aliphatic heterocycles. The summed E-state index contributed by atoms with van der Waals surface area (Å²) >= 11 is 13.8. The van der Waals surface area contributed by atoms with Crippen molar-refractivity contribution in [2.24, 2.45) is 0 Å². The number of anilines is 1. The van der Waals surface area contributed by atoms with E-state index >= 15 is 0 Å². The van der Waals surface area contributed by atoms with Crippen LogP contribution in [0.5, 0.6) is 5.75 Å². The summed E-state index contributed by atoms with van der Waals surface area (Å²) in [5.74, 6) is 0.255. The predicted octanol–water partition coefficient (Wildman–Crippen LogP) is 6.67. The first-order valence-corrected chi connectivity index (χ1v) is 10.4. The van der Waals surface area contributed by atoms with E-state index in [9.17, 15) is 9.59 Å². The molecule has 0 saturated carbocycles. The lowest BCUT2D eigenvalue weighted by molar-refractivity contribution is -0.113. The van der Waals surface area contributed by atoms with E-state index in [0.717, 1.165) is 31.2 Å². The van der Waals surface area contributed by atoms with Crippen LogP contribution >= 0.6 is 55.2 Å². The molecule has 1 heterocycles. The Morgan fingerprint density at radius 3 is 2.52 bits per heavy atom. The van der Waals surface area contributed by atoms with Gasteiger partial charge < -0.3 is 4.74 Å². The third kappa shape index (κ3) is 4.48. The molecule has 27 heavy (non-hydrogen) atoms. The zero-order valence-electron chi connectivity index (χ0n) is 13.7. The van der Waals surface area contributed by atoms with Crippen molar-refractivity contribution in [1.29, 1.82) is 0 Å². The lowest BCUT2D eigenvalue weighted by atomic mass is 10.2. The van der Waals surface area contributed by atoms with E-state index in [0.29, 0.717) is 28.0 Å². The summed E-state index contributed by atoms with van der Waals surface area (Å²) in [5, 5.41) is 0.0936. The smallest absolute Gasteiger partial charge is 0.298 e. The summed E-state index contributed by atoms with van der Waals surface area (Å²) < 4.78 is 7.03. The maximum atomic E-state index is 12.7. The maximum Gasteiger partial charge on any atom is 0.298 e. The Hall–Kier alpha value is -1.54. The molecule has 0 N–H and O–H groups in total. The second kappa shape index (κ2) is 8.65. The van der Waals surface area contributed by atoms with E-state index in [1.807, 2.05) is 12.1 Å². The zero-order chi connectivity index (χ0) is 19.6. The van der Waals surface area contributed by atoms with Gasteiger partial charge in [-0.1, -0.05) is 30.3 Å². The Kier molecular flexibility index (Phi) is 6.47. The van der Waals surface area contributed by atoms with Gasteiger partial charge in [0, 0.05) is 5.02 Å². The SMILES string of the molecule is C=CCOc1c(Br)cc(/C=C2\SC(=O)N(c3cccc(Cl)c3)C2=O)cc1Br. The molecule has 0 spiro atoms. The fourth-order valence-electron chi connectivity index (χ4n) is 2.40. The van der Waals surface area contributed by atoms with Crippen molar-refractivity contribution in [3.8, 4) is 5.75 Å². The van der Waals surface area contributed by atoms with Crippen LogP contribution in [0.2, 0.25) is 5.02 Å². The van der Waals surface area contributed by atoms with Gasteiger partial charge in [-0.25, -0.2) is 4.90 Å². The number of imide groups is 1. The minimum atomic E-state index is -0.383. The van der Waals surface area contributed by atoms with Crippen molar-refractivity contribution >= 4 is 78.1 Å². The molecule has 1 aliphatic rings. The standard InChI is InChI=1S/C19H12Br2ClNO3S/c1-2-6-26-17-14(20)7-11(8-15(17)21)9-16-18(24)23(19(25)27-16)13-5-3-4-12(22)10-13/h2-5,7-10H,1,6H2/b16-9-. The molecule has 138 valence electrons. The van der Waals surface area contributed by atoms with Crippen molar-refractivity contribution in [2.45, 2.75) is 0 Å². The minimum Gasteiger partial charge on any atom is -0.487 e. The second-order valence-corrected chi connectivity index (χ2v) is 8.55. The lowest BCUT2D eigenvalue weighted by Gasteiger charge is -2.12. The molecule has 0 radical (unpaired) electrons. The molecule has 2 aromatic rings. The molecular weight excluding hydrogens is 518 g/mol. The molecule has 0 atom stereocenters. The highest BCUT2D eigenvalue weighted by Gasteiger charge is 2.36. The maximum absolute atomic E-state index is 12.7. The first-order chi connectivity index (χ1) is 12.9. The van der Waals surface area contributed by atoms with Crippen LogP contribution < -0.4 is 9.64 Å². The van der Waals surface area contributed by atoms with Gasteiger partial charge in [0.15, 0.2) is 0 Å². The van der Waals surface area contributed by atoms with Gasteiger partial charge in [-0.3, -0.25) is 9.59 Å². The number of amides is 2. The Morgan fingerprint density at radius 1 is 1.19 bits per heavy atom. The van der Waals surface area contributed by atoms with Gasteiger partial charge in [0.2, 0.25) is 0 Å². The summed E-state index contributed by atoms with van der Waals surface area (Å²) in [6.45, 7) is 3.99. The molecular formula is C19H12Br2ClNO3S. The van der Waals surface area contributed by atoms with E-state index in [-0.39, 0.29) is 11.1 Å². The van der Waals surface area contributed by atoms with Crippen LogP contribution in [0.25, 0.3) is 6.08 Å². The highest BCUT2D eigenvalue weighted by Crippen LogP contribution is 2.39. The predicted molar refractivity (Wildman–Crippen MR) is 117 cm³/mol. The zero-order valence-corrected chi connectivity index (χ0v) is 18.5. The highest BCUT2D eigenvalue weighted by atomic mass is 79.9. The van der Waals surface area contributed by atoms with Gasteiger partial charge in [0.1, 0.15) is 12.4 Å². The number of ether oxygens (including phenoxy) is 1. The first kappa shape index (κ1) is 20.2. The van der Waals surface area contributed by atoms with E-state index in [1.165, 1.54) is 0 Å². The molecule has 2 aromatic carbocycles. The summed E-state index contributed by atoms with van der Waals surface area (Å²) in [6.07, 6.45) is 3.32. The number of rotatable bonds is 5. The quantitative estimate of drug-likeness (QED) is 0.321. The monoisotopic (exact) mass is 527 g/mol. The van der Waals surface area contributed by atoms with Crippen molar-refractivity contribution in [2.75, 3.05) is 11.5 Å². The number of carbonyl (C=O) groups excluding carboxylic acids is 2. The van der Waals surface area contributed by atoms with E-state index in [1.54, 1.807) is 36.4 Å². The molecule has 8 heteroatoms. The summed E-state index contributed by atoms with van der Waals surface area (Å²) in [7, 11) is 0. The minimum absolute atomic E-state index is 0.332. The number of nitrogens with zero attached hydrogens (tertiary/aromatic N) is 1. The molecule has 0 bridgehead atoms.